The maximum Gasteiger partial charge on any atom is 0.326 e. The fourth-order valence-electron chi connectivity index (χ4n) is 3.34. The number of aliphatic imine (C=N–C) groups is 1. The molecular formula is C22H43N9O6. The number of hydrogen-bond donors (Lipinski definition) is 9. The topological polar surface area (TPSA) is 284 Å². The molecule has 0 saturated heterocycles. The molecule has 4 atom stereocenters. The lowest BCUT2D eigenvalue weighted by Gasteiger charge is -2.25. The van der Waals surface area contributed by atoms with Crippen LogP contribution in [0.2, 0.25) is 0 Å². The Hall–Kier alpha value is -3.46. The lowest BCUT2D eigenvalue weighted by atomic mass is 10.0. The summed E-state index contributed by atoms with van der Waals surface area (Å²) >= 11 is 0. The highest BCUT2D eigenvalue weighted by Gasteiger charge is 2.31. The van der Waals surface area contributed by atoms with Gasteiger partial charge in [0.2, 0.25) is 23.6 Å². The summed E-state index contributed by atoms with van der Waals surface area (Å²) in [6.45, 7) is 4.23. The maximum absolute atomic E-state index is 13.0. The first kappa shape index (κ1) is 33.5. The summed E-state index contributed by atoms with van der Waals surface area (Å²) in [5.41, 5.74) is 27.1. The van der Waals surface area contributed by atoms with E-state index >= 15 is 0 Å². The first-order chi connectivity index (χ1) is 17.3. The van der Waals surface area contributed by atoms with Crippen LogP contribution in [0.25, 0.3) is 0 Å². The van der Waals surface area contributed by atoms with E-state index in [9.17, 15) is 29.1 Å². The molecule has 0 aliphatic rings. The first-order valence-electron chi connectivity index (χ1n) is 12.2. The lowest BCUT2D eigenvalue weighted by molar-refractivity contribution is -0.143. The van der Waals surface area contributed by atoms with E-state index in [1.165, 1.54) is 0 Å². The van der Waals surface area contributed by atoms with Crippen LogP contribution in [0.1, 0.15) is 58.8 Å². The number of carboxylic acids is 1. The quantitative estimate of drug-likeness (QED) is 0.0463. The summed E-state index contributed by atoms with van der Waals surface area (Å²) in [6.07, 6.45) is 1.42. The van der Waals surface area contributed by atoms with E-state index in [4.69, 9.17) is 28.7 Å². The molecule has 0 heterocycles. The Bertz CT molecular complexity index is 802. The van der Waals surface area contributed by atoms with Crippen molar-refractivity contribution in [3.8, 4) is 0 Å². The Labute approximate surface area is 216 Å². The third-order valence-electron chi connectivity index (χ3n) is 5.24. The maximum atomic E-state index is 13.0. The molecule has 0 fully saturated rings. The van der Waals surface area contributed by atoms with Gasteiger partial charge in [-0.3, -0.25) is 24.2 Å². The zero-order chi connectivity index (χ0) is 28.5. The van der Waals surface area contributed by atoms with Crippen molar-refractivity contribution >= 4 is 35.6 Å². The van der Waals surface area contributed by atoms with Gasteiger partial charge in [0.1, 0.15) is 18.1 Å². The Morgan fingerprint density at radius 1 is 0.811 bits per heavy atom. The zero-order valence-electron chi connectivity index (χ0n) is 21.6. The minimum Gasteiger partial charge on any atom is -0.480 e. The molecule has 15 heteroatoms. The van der Waals surface area contributed by atoms with Crippen LogP contribution in [0.5, 0.6) is 0 Å². The van der Waals surface area contributed by atoms with E-state index in [1.54, 1.807) is 0 Å². The molecule has 0 bridgehead atoms. The van der Waals surface area contributed by atoms with E-state index in [-0.39, 0.29) is 37.7 Å². The summed E-state index contributed by atoms with van der Waals surface area (Å²) < 4.78 is 0. The van der Waals surface area contributed by atoms with Crippen molar-refractivity contribution in [1.29, 1.82) is 0 Å². The van der Waals surface area contributed by atoms with Gasteiger partial charge < -0.3 is 49.7 Å². The van der Waals surface area contributed by atoms with Crippen molar-refractivity contribution in [1.82, 2.24) is 16.0 Å². The predicted molar refractivity (Wildman–Crippen MR) is 137 cm³/mol. The largest absolute Gasteiger partial charge is 0.480 e. The third-order valence-corrected chi connectivity index (χ3v) is 5.24. The number of unbranched alkanes of at least 4 members (excludes halogenated alkanes) is 1. The average molecular weight is 530 g/mol. The minimum atomic E-state index is -1.40. The highest BCUT2D eigenvalue weighted by atomic mass is 16.4. The number of amides is 4. The highest BCUT2D eigenvalue weighted by Crippen LogP contribution is 2.08. The summed E-state index contributed by atoms with van der Waals surface area (Å²) in [7, 11) is 0. The molecule has 0 saturated carbocycles. The van der Waals surface area contributed by atoms with Gasteiger partial charge in [0.05, 0.1) is 12.5 Å². The number of carbonyl (C=O) groups excluding carboxylic acids is 4. The summed E-state index contributed by atoms with van der Waals surface area (Å²) in [5.74, 6) is -4.44. The zero-order valence-corrected chi connectivity index (χ0v) is 21.6. The Balaban J connectivity index is 5.45. The van der Waals surface area contributed by atoms with Gasteiger partial charge in [-0.25, -0.2) is 4.79 Å². The Morgan fingerprint density at radius 2 is 1.38 bits per heavy atom. The number of carboxylic acid groups (broad SMARTS) is 1. The first-order valence-corrected chi connectivity index (χ1v) is 12.2. The van der Waals surface area contributed by atoms with E-state index in [0.717, 1.165) is 0 Å². The van der Waals surface area contributed by atoms with Crippen molar-refractivity contribution < 1.29 is 29.1 Å². The number of nitrogens with one attached hydrogen (secondary N) is 3. The fourth-order valence-corrected chi connectivity index (χ4v) is 3.34. The standard InChI is InChI=1S/C22H43N9O6/c1-12(2)10-16(21(36)37)31-19(34)14(7-3-4-8-23)29-20(35)15(11-17(25)32)30-18(33)13(24)6-5-9-28-22(26)27/h12-16H,3-11,23-24H2,1-2H3,(H2,25,32)(H,29,35)(H,30,33)(H,31,34)(H,36,37)(H4,26,27,28). The Kier molecular flexibility index (Phi) is 16.2. The normalized spacial score (nSPS) is 14.1. The highest BCUT2D eigenvalue weighted by molar-refractivity contribution is 5.96. The number of nitrogens with two attached hydrogens (primary N) is 5. The number of carbonyl (C=O) groups is 5. The monoisotopic (exact) mass is 529 g/mol. The molecule has 0 spiro atoms. The molecule has 0 rings (SSSR count). The molecule has 37 heavy (non-hydrogen) atoms. The van der Waals surface area contributed by atoms with Crippen LogP contribution in [0.4, 0.5) is 0 Å². The smallest absolute Gasteiger partial charge is 0.326 e. The summed E-state index contributed by atoms with van der Waals surface area (Å²) in [4.78, 5) is 65.3. The fraction of sp³-hybridized carbons (Fsp3) is 0.727. The van der Waals surface area contributed by atoms with Crippen LogP contribution in [0, 0.1) is 5.92 Å². The van der Waals surface area contributed by atoms with Gasteiger partial charge in [-0.1, -0.05) is 13.8 Å². The molecule has 0 aromatic heterocycles. The molecule has 0 radical (unpaired) electrons. The Morgan fingerprint density at radius 3 is 1.89 bits per heavy atom. The van der Waals surface area contributed by atoms with Crippen molar-refractivity contribution in [2.24, 2.45) is 39.6 Å². The molecule has 4 unspecified atom stereocenters. The van der Waals surface area contributed by atoms with Crippen LogP contribution >= 0.6 is 0 Å². The number of primary amides is 1. The average Bonchev–Trinajstić information content (AvgIpc) is 2.79. The molecule has 212 valence electrons. The van der Waals surface area contributed by atoms with Gasteiger partial charge in [-0.05, 0) is 51.0 Å². The second-order valence-electron chi connectivity index (χ2n) is 9.16. The molecule has 4 amide bonds. The van der Waals surface area contributed by atoms with Crippen molar-refractivity contribution in [2.45, 2.75) is 83.0 Å². The van der Waals surface area contributed by atoms with E-state index in [1.807, 2.05) is 13.8 Å². The van der Waals surface area contributed by atoms with Gasteiger partial charge >= 0.3 is 5.97 Å². The van der Waals surface area contributed by atoms with Crippen molar-refractivity contribution in [2.75, 3.05) is 13.1 Å². The number of hydrogen-bond acceptors (Lipinski definition) is 8. The summed E-state index contributed by atoms with van der Waals surface area (Å²) in [6, 6.07) is -4.70. The van der Waals surface area contributed by atoms with Crippen molar-refractivity contribution in [3.05, 3.63) is 0 Å². The van der Waals surface area contributed by atoms with Crippen LogP contribution in [0.15, 0.2) is 4.99 Å². The minimum absolute atomic E-state index is 0.00878. The van der Waals surface area contributed by atoms with Crippen LogP contribution in [-0.2, 0) is 24.0 Å². The second kappa shape index (κ2) is 17.9. The van der Waals surface area contributed by atoms with Gasteiger partial charge in [0, 0.05) is 6.54 Å². The van der Waals surface area contributed by atoms with Gasteiger partial charge in [-0.2, -0.15) is 0 Å². The van der Waals surface area contributed by atoms with Gasteiger partial charge in [-0.15, -0.1) is 0 Å². The molecule has 15 nitrogen and oxygen atoms in total. The van der Waals surface area contributed by atoms with Crippen LogP contribution in [0.3, 0.4) is 0 Å². The third kappa shape index (κ3) is 15.3. The SMILES string of the molecule is CC(C)CC(NC(=O)C(CCCCN)NC(=O)C(CC(N)=O)NC(=O)C(N)CCCN=C(N)N)C(=O)O. The van der Waals surface area contributed by atoms with Crippen LogP contribution < -0.4 is 44.6 Å². The number of rotatable bonds is 19. The number of guanidine groups is 1. The molecular weight excluding hydrogens is 486 g/mol. The van der Waals surface area contributed by atoms with Crippen LogP contribution in [-0.4, -0.2) is 77.9 Å². The molecule has 0 aromatic carbocycles. The lowest BCUT2D eigenvalue weighted by Crippen LogP contribution is -2.57. The number of nitrogens with zero attached hydrogens (tertiary/aromatic N) is 1. The predicted octanol–water partition coefficient (Wildman–Crippen LogP) is -3.04. The van der Waals surface area contributed by atoms with Gasteiger partial charge in [0.15, 0.2) is 5.96 Å². The van der Waals surface area contributed by atoms with E-state index in [2.05, 4.69) is 20.9 Å². The van der Waals surface area contributed by atoms with Gasteiger partial charge in [0.25, 0.3) is 0 Å². The molecule has 0 aromatic rings. The van der Waals surface area contributed by atoms with E-state index < -0.39 is 60.2 Å². The summed E-state index contributed by atoms with van der Waals surface area (Å²) in [5, 5.41) is 16.8. The van der Waals surface area contributed by atoms with E-state index in [0.29, 0.717) is 25.8 Å². The molecule has 0 aliphatic heterocycles. The van der Waals surface area contributed by atoms with Crippen molar-refractivity contribution in [3.63, 3.8) is 0 Å². The second-order valence-corrected chi connectivity index (χ2v) is 9.16. The molecule has 0 aliphatic carbocycles. The number of aliphatic carboxylic acids is 1. The molecule has 14 N–H and O–H groups in total.